The number of benzene rings is 2. The maximum absolute atomic E-state index is 12.3. The van der Waals surface area contributed by atoms with Gasteiger partial charge in [-0.15, -0.1) is 0 Å². The molecule has 1 aromatic heterocycles. The highest BCUT2D eigenvalue weighted by atomic mass is 16.6. The maximum Gasteiger partial charge on any atom is 0.357 e. The van der Waals surface area contributed by atoms with E-state index in [2.05, 4.69) is 4.98 Å². The van der Waals surface area contributed by atoms with Crippen LogP contribution < -0.4 is 5.73 Å². The van der Waals surface area contributed by atoms with Crippen molar-refractivity contribution in [2.45, 2.75) is 33.0 Å². The molecule has 0 spiro atoms. The molecule has 0 atom stereocenters. The maximum atomic E-state index is 12.3. The Hall–Kier alpha value is -2.92. The predicted molar refractivity (Wildman–Crippen MR) is 107 cm³/mol. The van der Waals surface area contributed by atoms with Crippen molar-refractivity contribution >= 4 is 22.4 Å². The van der Waals surface area contributed by atoms with Gasteiger partial charge in [0.05, 0.1) is 12.3 Å². The fraction of sp³-hybridized carbons (Fsp3) is 0.273. The molecule has 5 heteroatoms. The number of methoxy groups -OCH3 is 1. The van der Waals surface area contributed by atoms with Gasteiger partial charge < -0.3 is 15.2 Å². The summed E-state index contributed by atoms with van der Waals surface area (Å²) < 4.78 is 10.6. The highest BCUT2D eigenvalue weighted by Gasteiger charge is 2.19. The second-order valence-corrected chi connectivity index (χ2v) is 7.42. The van der Waals surface area contributed by atoms with Gasteiger partial charge in [0.15, 0.2) is 0 Å². The molecule has 140 valence electrons. The van der Waals surface area contributed by atoms with E-state index in [0.717, 1.165) is 21.9 Å². The molecule has 0 aliphatic carbocycles. The summed E-state index contributed by atoms with van der Waals surface area (Å²) in [7, 11) is 1.64. The highest BCUT2D eigenvalue weighted by molar-refractivity contribution is 5.97. The number of fused-ring (bicyclic) bond motifs is 1. The van der Waals surface area contributed by atoms with Crippen molar-refractivity contribution in [1.82, 2.24) is 4.98 Å². The van der Waals surface area contributed by atoms with Crippen molar-refractivity contribution in [3.63, 3.8) is 0 Å². The Kier molecular flexibility index (Phi) is 5.15. The van der Waals surface area contributed by atoms with Gasteiger partial charge in [-0.2, -0.15) is 0 Å². The fourth-order valence-corrected chi connectivity index (χ4v) is 2.87. The zero-order valence-electron chi connectivity index (χ0n) is 16.1. The summed E-state index contributed by atoms with van der Waals surface area (Å²) in [6.45, 7) is 5.95. The molecule has 2 aromatic carbocycles. The molecule has 0 aliphatic heterocycles. The Morgan fingerprint density at radius 1 is 1.11 bits per heavy atom. The number of nitrogens with two attached hydrogens (primary N) is 1. The minimum atomic E-state index is -0.566. The quantitative estimate of drug-likeness (QED) is 0.541. The number of ether oxygens (including phenoxy) is 2. The molecule has 5 nitrogen and oxygen atoms in total. The lowest BCUT2D eigenvalue weighted by atomic mass is 10.0. The van der Waals surface area contributed by atoms with Crippen molar-refractivity contribution in [3.05, 3.63) is 59.8 Å². The summed E-state index contributed by atoms with van der Waals surface area (Å²) >= 11 is 0. The van der Waals surface area contributed by atoms with Crippen LogP contribution in [0, 0.1) is 0 Å². The number of anilines is 1. The van der Waals surface area contributed by atoms with E-state index in [9.17, 15) is 4.79 Å². The Bertz CT molecular complexity index is 991. The Morgan fingerprint density at radius 2 is 1.85 bits per heavy atom. The van der Waals surface area contributed by atoms with Crippen LogP contribution in [-0.2, 0) is 16.1 Å². The van der Waals surface area contributed by atoms with Gasteiger partial charge in [0.1, 0.15) is 11.3 Å². The summed E-state index contributed by atoms with van der Waals surface area (Å²) in [6, 6.07) is 15.3. The molecule has 3 rings (SSSR count). The number of pyridine rings is 1. The number of rotatable bonds is 4. The van der Waals surface area contributed by atoms with Crippen molar-refractivity contribution in [2.75, 3.05) is 12.8 Å². The van der Waals surface area contributed by atoms with E-state index in [-0.39, 0.29) is 5.69 Å². The van der Waals surface area contributed by atoms with Gasteiger partial charge in [-0.05, 0) is 44.4 Å². The summed E-state index contributed by atoms with van der Waals surface area (Å²) in [5.41, 5.74) is 9.25. The molecule has 0 bridgehead atoms. The predicted octanol–water partition coefficient (Wildman–Crippen LogP) is 4.59. The zero-order chi connectivity index (χ0) is 19.6. The third-order valence-corrected chi connectivity index (χ3v) is 4.11. The van der Waals surface area contributed by atoms with Gasteiger partial charge in [-0.1, -0.05) is 30.3 Å². The average Bonchev–Trinajstić information content (AvgIpc) is 2.63. The number of carbonyl (C=O) groups excluding carboxylic acids is 1. The van der Waals surface area contributed by atoms with Crippen molar-refractivity contribution in [2.24, 2.45) is 0 Å². The first kappa shape index (κ1) is 18.9. The average molecular weight is 364 g/mol. The van der Waals surface area contributed by atoms with Crippen LogP contribution >= 0.6 is 0 Å². The van der Waals surface area contributed by atoms with Crippen LogP contribution in [0.5, 0.6) is 0 Å². The van der Waals surface area contributed by atoms with Gasteiger partial charge in [0, 0.05) is 29.3 Å². The number of nitrogen functional groups attached to an aromatic ring is 1. The number of carbonyl (C=O) groups is 1. The van der Waals surface area contributed by atoms with Crippen LogP contribution in [0.15, 0.2) is 48.5 Å². The van der Waals surface area contributed by atoms with E-state index in [1.165, 1.54) is 0 Å². The molecule has 27 heavy (non-hydrogen) atoms. The standard InChI is InChI=1S/C22H24N2O3/c1-22(2,3)27-21(25)19-7-5-6-18(24-19)15-10-8-14-9-11-16(13-26-4)20(23)17(14)12-15/h5-12H,13,23H2,1-4H3. The van der Waals surface area contributed by atoms with E-state index in [1.54, 1.807) is 19.2 Å². The summed E-state index contributed by atoms with van der Waals surface area (Å²) in [4.78, 5) is 16.8. The number of nitrogens with zero attached hydrogens (tertiary/aromatic N) is 1. The van der Waals surface area contributed by atoms with Crippen molar-refractivity contribution in [3.8, 4) is 11.3 Å². The van der Waals surface area contributed by atoms with Crippen molar-refractivity contribution in [1.29, 1.82) is 0 Å². The van der Waals surface area contributed by atoms with Crippen LogP contribution in [0.4, 0.5) is 5.69 Å². The largest absolute Gasteiger partial charge is 0.455 e. The van der Waals surface area contributed by atoms with Crippen LogP contribution in [0.25, 0.3) is 22.0 Å². The molecular formula is C22H24N2O3. The van der Waals surface area contributed by atoms with Crippen LogP contribution in [-0.4, -0.2) is 23.7 Å². The SMILES string of the molecule is COCc1ccc2ccc(-c3cccc(C(=O)OC(C)(C)C)n3)cc2c1N. The molecule has 2 N–H and O–H groups in total. The van der Waals surface area contributed by atoms with Gasteiger partial charge in [-0.3, -0.25) is 0 Å². The van der Waals surface area contributed by atoms with Crippen LogP contribution in [0.2, 0.25) is 0 Å². The third kappa shape index (κ3) is 4.26. The molecule has 0 radical (unpaired) electrons. The van der Waals surface area contributed by atoms with Crippen molar-refractivity contribution < 1.29 is 14.3 Å². The molecule has 0 saturated carbocycles. The lowest BCUT2D eigenvalue weighted by Gasteiger charge is -2.19. The molecule has 1 heterocycles. The van der Waals surface area contributed by atoms with E-state index in [1.807, 2.05) is 57.2 Å². The lowest BCUT2D eigenvalue weighted by Crippen LogP contribution is -2.24. The molecule has 0 saturated heterocycles. The van der Waals surface area contributed by atoms with Crippen LogP contribution in [0.1, 0.15) is 36.8 Å². The van der Waals surface area contributed by atoms with Gasteiger partial charge in [-0.25, -0.2) is 9.78 Å². The number of hydrogen-bond acceptors (Lipinski definition) is 5. The summed E-state index contributed by atoms with van der Waals surface area (Å²) in [5.74, 6) is -0.438. The number of esters is 1. The topological polar surface area (TPSA) is 74.4 Å². The van der Waals surface area contributed by atoms with E-state index in [4.69, 9.17) is 15.2 Å². The Morgan fingerprint density at radius 3 is 2.56 bits per heavy atom. The monoisotopic (exact) mass is 364 g/mol. The van der Waals surface area contributed by atoms with E-state index >= 15 is 0 Å². The Balaban J connectivity index is 2.01. The summed E-state index contributed by atoms with van der Waals surface area (Å²) in [5, 5.41) is 1.98. The molecule has 0 unspecified atom stereocenters. The first-order valence-corrected chi connectivity index (χ1v) is 8.79. The highest BCUT2D eigenvalue weighted by Crippen LogP contribution is 2.30. The lowest BCUT2D eigenvalue weighted by molar-refractivity contribution is 0.00630. The minimum absolute atomic E-state index is 0.281. The molecule has 0 aliphatic rings. The van der Waals surface area contributed by atoms with Gasteiger partial charge >= 0.3 is 5.97 Å². The second kappa shape index (κ2) is 7.37. The summed E-state index contributed by atoms with van der Waals surface area (Å²) in [6.07, 6.45) is 0. The smallest absolute Gasteiger partial charge is 0.357 e. The Labute approximate surface area is 159 Å². The first-order valence-electron chi connectivity index (χ1n) is 8.79. The molecule has 0 fully saturated rings. The van der Waals surface area contributed by atoms with Crippen LogP contribution in [0.3, 0.4) is 0 Å². The first-order chi connectivity index (χ1) is 12.8. The number of aromatic nitrogens is 1. The van der Waals surface area contributed by atoms with E-state index < -0.39 is 11.6 Å². The number of hydrogen-bond donors (Lipinski definition) is 1. The zero-order valence-corrected chi connectivity index (χ0v) is 16.1. The minimum Gasteiger partial charge on any atom is -0.455 e. The fourth-order valence-electron chi connectivity index (χ4n) is 2.87. The molecular weight excluding hydrogens is 340 g/mol. The third-order valence-electron chi connectivity index (χ3n) is 4.11. The normalized spacial score (nSPS) is 11.6. The second-order valence-electron chi connectivity index (χ2n) is 7.42. The van der Waals surface area contributed by atoms with Gasteiger partial charge in [0.25, 0.3) is 0 Å². The van der Waals surface area contributed by atoms with Gasteiger partial charge in [0.2, 0.25) is 0 Å². The van der Waals surface area contributed by atoms with E-state index in [0.29, 0.717) is 18.0 Å². The molecule has 0 amide bonds. The molecule has 3 aromatic rings.